The monoisotopic (exact) mass is 336 g/mol. The summed E-state index contributed by atoms with van der Waals surface area (Å²) in [6, 6.07) is 18.3. The highest BCUT2D eigenvalue weighted by atomic mass is 32.2. The van der Waals surface area contributed by atoms with Crippen LogP contribution in [0.3, 0.4) is 0 Å². The lowest BCUT2D eigenvalue weighted by atomic mass is 10.1. The zero-order valence-electron chi connectivity index (χ0n) is 13.0. The fourth-order valence-electron chi connectivity index (χ4n) is 2.75. The second kappa shape index (κ2) is 6.59. The second-order valence-corrected chi connectivity index (χ2v) is 6.49. The molecule has 6 heteroatoms. The minimum atomic E-state index is 0.160. The lowest BCUT2D eigenvalue weighted by Crippen LogP contribution is -2.01. The molecule has 120 valence electrons. The largest absolute Gasteiger partial charge is 0.396 e. The minimum absolute atomic E-state index is 0.160. The van der Waals surface area contributed by atoms with Crippen LogP contribution >= 0.6 is 11.8 Å². The number of aliphatic hydroxyl groups excluding tert-OH is 1. The van der Waals surface area contributed by atoms with E-state index < -0.39 is 0 Å². The van der Waals surface area contributed by atoms with Gasteiger partial charge in [0.1, 0.15) is 0 Å². The van der Waals surface area contributed by atoms with E-state index in [-0.39, 0.29) is 6.61 Å². The second-order valence-electron chi connectivity index (χ2n) is 5.39. The molecule has 4 rings (SSSR count). The summed E-state index contributed by atoms with van der Waals surface area (Å²) in [5.74, 6) is 2.14. The first-order valence-corrected chi connectivity index (χ1v) is 8.91. The Morgan fingerprint density at radius 3 is 2.46 bits per heavy atom. The Morgan fingerprint density at radius 2 is 1.67 bits per heavy atom. The topological polar surface area (TPSA) is 63.3 Å². The van der Waals surface area contributed by atoms with Gasteiger partial charge in [-0.3, -0.25) is 0 Å². The molecule has 0 saturated heterocycles. The third kappa shape index (κ3) is 2.64. The van der Waals surface area contributed by atoms with E-state index in [4.69, 9.17) is 10.2 Å². The highest BCUT2D eigenvalue weighted by Crippen LogP contribution is 2.29. The van der Waals surface area contributed by atoms with Crippen molar-refractivity contribution in [1.29, 1.82) is 0 Å². The molecule has 24 heavy (non-hydrogen) atoms. The van der Waals surface area contributed by atoms with Gasteiger partial charge in [-0.1, -0.05) is 54.6 Å². The first kappa shape index (κ1) is 15.1. The molecule has 2 aromatic carbocycles. The van der Waals surface area contributed by atoms with Gasteiger partial charge in [0.05, 0.1) is 18.1 Å². The Hall–Kier alpha value is -2.44. The smallest absolute Gasteiger partial charge is 0.185 e. The average molecular weight is 336 g/mol. The van der Waals surface area contributed by atoms with Crippen molar-refractivity contribution >= 4 is 28.2 Å². The molecule has 0 aliphatic heterocycles. The summed E-state index contributed by atoms with van der Waals surface area (Å²) in [7, 11) is 0. The lowest BCUT2D eigenvalue weighted by molar-refractivity contribution is 0.322. The molecule has 5 nitrogen and oxygen atoms in total. The van der Waals surface area contributed by atoms with Gasteiger partial charge in [-0.05, 0) is 0 Å². The highest BCUT2D eigenvalue weighted by molar-refractivity contribution is 7.98. The van der Waals surface area contributed by atoms with Gasteiger partial charge in [-0.2, -0.15) is 21.4 Å². The maximum Gasteiger partial charge on any atom is 0.185 e. The number of aromatic nitrogens is 4. The number of thioether (sulfide) groups is 1. The van der Waals surface area contributed by atoms with Gasteiger partial charge in [0, 0.05) is 22.1 Å². The number of rotatable bonds is 5. The number of aliphatic hydroxyl groups is 1. The molecular weight excluding hydrogens is 320 g/mol. The number of benzene rings is 2. The van der Waals surface area contributed by atoms with Crippen molar-refractivity contribution in [2.24, 2.45) is 0 Å². The van der Waals surface area contributed by atoms with Crippen LogP contribution in [0.15, 0.2) is 54.6 Å². The van der Waals surface area contributed by atoms with Gasteiger partial charge in [0.25, 0.3) is 0 Å². The van der Waals surface area contributed by atoms with Crippen LogP contribution in [0.25, 0.3) is 27.7 Å². The molecule has 0 unspecified atom stereocenters. The van der Waals surface area contributed by atoms with Crippen LogP contribution < -0.4 is 0 Å². The van der Waals surface area contributed by atoms with Crippen molar-refractivity contribution in [1.82, 2.24) is 19.8 Å². The molecule has 2 heterocycles. The average Bonchev–Trinajstić information content (AvgIpc) is 3.05. The van der Waals surface area contributed by atoms with E-state index in [1.54, 1.807) is 11.8 Å². The van der Waals surface area contributed by atoms with Crippen molar-refractivity contribution in [2.45, 2.75) is 5.75 Å². The molecule has 0 radical (unpaired) electrons. The normalized spacial score (nSPS) is 11.4. The summed E-state index contributed by atoms with van der Waals surface area (Å²) in [5, 5.41) is 24.5. The molecule has 0 aliphatic rings. The summed E-state index contributed by atoms with van der Waals surface area (Å²) in [6.45, 7) is 0.160. The quantitative estimate of drug-likeness (QED) is 0.567. The summed E-state index contributed by atoms with van der Waals surface area (Å²) < 4.78 is 1.83. The van der Waals surface area contributed by atoms with Crippen LogP contribution in [0.5, 0.6) is 0 Å². The summed E-state index contributed by atoms with van der Waals surface area (Å²) in [6.07, 6.45) is 0. The number of hydrogen-bond donors (Lipinski definition) is 1. The predicted octanol–water partition coefficient (Wildman–Crippen LogP) is 3.17. The highest BCUT2D eigenvalue weighted by Gasteiger charge is 2.14. The minimum Gasteiger partial charge on any atom is -0.396 e. The molecule has 0 atom stereocenters. The summed E-state index contributed by atoms with van der Waals surface area (Å²) in [5.41, 5.74) is 2.76. The van der Waals surface area contributed by atoms with E-state index in [0.717, 1.165) is 33.5 Å². The van der Waals surface area contributed by atoms with E-state index in [9.17, 15) is 0 Å². The van der Waals surface area contributed by atoms with Crippen LogP contribution in [-0.2, 0) is 5.75 Å². The fraction of sp³-hybridized carbons (Fsp3) is 0.167. The molecule has 0 spiro atoms. The van der Waals surface area contributed by atoms with Gasteiger partial charge in [-0.25, -0.2) is 0 Å². The van der Waals surface area contributed by atoms with Crippen molar-refractivity contribution in [2.75, 3.05) is 12.4 Å². The van der Waals surface area contributed by atoms with Crippen molar-refractivity contribution < 1.29 is 5.11 Å². The Balaban J connectivity index is 1.94. The summed E-state index contributed by atoms with van der Waals surface area (Å²) >= 11 is 1.62. The van der Waals surface area contributed by atoms with Crippen LogP contribution in [0.4, 0.5) is 0 Å². The van der Waals surface area contributed by atoms with Crippen LogP contribution in [0.2, 0.25) is 0 Å². The first-order chi connectivity index (χ1) is 11.9. The lowest BCUT2D eigenvalue weighted by Gasteiger charge is -2.08. The Morgan fingerprint density at radius 1 is 0.917 bits per heavy atom. The number of hydrogen-bond acceptors (Lipinski definition) is 5. The van der Waals surface area contributed by atoms with Crippen molar-refractivity contribution in [3.8, 4) is 11.3 Å². The number of fused-ring (bicyclic) bond motifs is 3. The van der Waals surface area contributed by atoms with Crippen LogP contribution in [-0.4, -0.2) is 37.3 Å². The van der Waals surface area contributed by atoms with Gasteiger partial charge < -0.3 is 5.11 Å². The Labute approximate surface area is 143 Å². The number of nitrogens with zero attached hydrogens (tertiary/aromatic N) is 4. The third-order valence-electron chi connectivity index (χ3n) is 3.84. The van der Waals surface area contributed by atoms with Crippen molar-refractivity contribution in [3.05, 3.63) is 60.4 Å². The molecule has 0 bridgehead atoms. The SMILES string of the molecule is OCCSCc1nnc2c3ccccc3c(-c3ccccc3)nn12. The Kier molecular flexibility index (Phi) is 4.15. The van der Waals surface area contributed by atoms with E-state index in [0.29, 0.717) is 11.5 Å². The van der Waals surface area contributed by atoms with Crippen LogP contribution in [0, 0.1) is 0 Å². The molecule has 1 N–H and O–H groups in total. The van der Waals surface area contributed by atoms with Gasteiger partial charge >= 0.3 is 0 Å². The zero-order chi connectivity index (χ0) is 16.4. The van der Waals surface area contributed by atoms with Gasteiger partial charge in [0.15, 0.2) is 11.5 Å². The van der Waals surface area contributed by atoms with Crippen molar-refractivity contribution in [3.63, 3.8) is 0 Å². The maximum atomic E-state index is 8.96. The molecule has 2 aromatic heterocycles. The fourth-order valence-corrected chi connectivity index (χ4v) is 3.39. The predicted molar refractivity (Wildman–Crippen MR) is 97.0 cm³/mol. The van der Waals surface area contributed by atoms with E-state index in [2.05, 4.69) is 34.5 Å². The van der Waals surface area contributed by atoms with E-state index in [1.165, 1.54) is 0 Å². The zero-order valence-corrected chi connectivity index (χ0v) is 13.8. The molecule has 0 saturated carbocycles. The molecular formula is C18H16N4OS. The van der Waals surface area contributed by atoms with Gasteiger partial charge in [-0.15, -0.1) is 10.2 Å². The molecule has 0 fully saturated rings. The molecule has 4 aromatic rings. The summed E-state index contributed by atoms with van der Waals surface area (Å²) in [4.78, 5) is 0. The molecule has 0 aliphatic carbocycles. The standard InChI is InChI=1S/C18H16N4OS/c23-10-11-24-12-16-19-20-18-15-9-5-4-8-14(15)17(21-22(16)18)13-6-2-1-3-7-13/h1-9,23H,10-12H2. The molecule has 0 amide bonds. The maximum absolute atomic E-state index is 8.96. The van der Waals surface area contributed by atoms with E-state index >= 15 is 0 Å². The third-order valence-corrected chi connectivity index (χ3v) is 4.78. The van der Waals surface area contributed by atoms with E-state index in [1.807, 2.05) is 34.8 Å². The van der Waals surface area contributed by atoms with Crippen LogP contribution in [0.1, 0.15) is 5.82 Å². The van der Waals surface area contributed by atoms with Gasteiger partial charge in [0.2, 0.25) is 0 Å². The Bertz CT molecular complexity index is 984. The first-order valence-electron chi connectivity index (χ1n) is 7.75.